The van der Waals surface area contributed by atoms with Gasteiger partial charge < -0.3 is 19.9 Å². The second-order valence-electron chi connectivity index (χ2n) is 8.35. The molecule has 2 aromatic rings. The fraction of sp³-hybridized carbons (Fsp3) is 0.500. The third kappa shape index (κ3) is 4.40. The molecule has 0 radical (unpaired) electrons. The molecule has 0 saturated carbocycles. The topological polar surface area (TPSA) is 87.7 Å². The van der Waals surface area contributed by atoms with E-state index in [4.69, 9.17) is 14.7 Å². The summed E-state index contributed by atoms with van der Waals surface area (Å²) >= 11 is 0. The van der Waals surface area contributed by atoms with Gasteiger partial charge in [0.1, 0.15) is 11.6 Å². The summed E-state index contributed by atoms with van der Waals surface area (Å²) in [5.74, 6) is 2.45. The zero-order valence-electron chi connectivity index (χ0n) is 19.1. The Hall–Kier alpha value is -3.16. The SMILES string of the molecule is CNc1nc([C@H]2CCCN2C(C)=O)nc2c1CCN(C(=O)CCc1ccccc1OC)C2. The summed E-state index contributed by atoms with van der Waals surface area (Å²) in [6.45, 7) is 3.45. The zero-order chi connectivity index (χ0) is 22.7. The van der Waals surface area contributed by atoms with E-state index in [1.54, 1.807) is 14.0 Å². The van der Waals surface area contributed by atoms with Crippen LogP contribution in [0.5, 0.6) is 5.75 Å². The highest BCUT2D eigenvalue weighted by atomic mass is 16.5. The van der Waals surface area contributed by atoms with Crippen molar-refractivity contribution in [3.05, 3.63) is 46.9 Å². The van der Waals surface area contributed by atoms with Crippen LogP contribution in [0.2, 0.25) is 0 Å². The molecule has 1 N–H and O–H groups in total. The molecule has 2 aliphatic heterocycles. The van der Waals surface area contributed by atoms with Gasteiger partial charge in [0.25, 0.3) is 0 Å². The van der Waals surface area contributed by atoms with Crippen LogP contribution in [-0.2, 0) is 29.0 Å². The first kappa shape index (κ1) is 22.0. The average Bonchev–Trinajstić information content (AvgIpc) is 3.32. The Balaban J connectivity index is 1.50. The van der Waals surface area contributed by atoms with E-state index in [0.29, 0.717) is 38.2 Å². The number of aromatic nitrogens is 2. The second-order valence-corrected chi connectivity index (χ2v) is 8.35. The highest BCUT2D eigenvalue weighted by molar-refractivity contribution is 5.77. The Kier molecular flexibility index (Phi) is 6.58. The van der Waals surface area contributed by atoms with Crippen molar-refractivity contribution in [1.29, 1.82) is 0 Å². The van der Waals surface area contributed by atoms with Crippen LogP contribution in [0, 0.1) is 0 Å². The van der Waals surface area contributed by atoms with Crippen LogP contribution in [0.25, 0.3) is 0 Å². The van der Waals surface area contributed by atoms with Gasteiger partial charge in [-0.05, 0) is 37.3 Å². The number of amides is 2. The van der Waals surface area contributed by atoms with Crippen LogP contribution in [-0.4, -0.2) is 58.8 Å². The fourth-order valence-electron chi connectivity index (χ4n) is 4.74. The molecule has 0 aliphatic carbocycles. The summed E-state index contributed by atoms with van der Waals surface area (Å²) in [5, 5.41) is 3.19. The summed E-state index contributed by atoms with van der Waals surface area (Å²) in [5.41, 5.74) is 2.98. The van der Waals surface area contributed by atoms with Crippen molar-refractivity contribution in [2.45, 2.75) is 51.6 Å². The first-order valence-corrected chi connectivity index (χ1v) is 11.3. The highest BCUT2D eigenvalue weighted by Gasteiger charge is 2.32. The number of likely N-dealkylation sites (tertiary alicyclic amines) is 1. The quantitative estimate of drug-likeness (QED) is 0.748. The lowest BCUT2D eigenvalue weighted by molar-refractivity contribution is -0.132. The molecule has 0 unspecified atom stereocenters. The number of carbonyl (C=O) groups is 2. The number of nitrogens with one attached hydrogen (secondary N) is 1. The molecule has 2 amide bonds. The summed E-state index contributed by atoms with van der Waals surface area (Å²) in [4.78, 5) is 38.4. The van der Waals surface area contributed by atoms with E-state index in [1.807, 2.05) is 41.1 Å². The summed E-state index contributed by atoms with van der Waals surface area (Å²) in [6.07, 6.45) is 3.59. The molecule has 1 saturated heterocycles. The Bertz CT molecular complexity index is 1010. The Morgan fingerprint density at radius 3 is 2.78 bits per heavy atom. The number of carbonyl (C=O) groups excluding carboxylic acids is 2. The average molecular weight is 438 g/mol. The van der Waals surface area contributed by atoms with E-state index in [0.717, 1.165) is 47.8 Å². The van der Waals surface area contributed by atoms with Gasteiger partial charge in [0.2, 0.25) is 11.8 Å². The maximum atomic E-state index is 13.0. The number of para-hydroxylation sites is 1. The molecule has 8 heteroatoms. The lowest BCUT2D eigenvalue weighted by Gasteiger charge is -2.31. The van der Waals surface area contributed by atoms with Crippen molar-refractivity contribution in [3.63, 3.8) is 0 Å². The standard InChI is InChI=1S/C24H31N5O3/c1-16(30)29-13-6-8-20(29)24-26-19-15-28(14-12-18(19)23(25-2)27-24)22(31)11-10-17-7-4-5-9-21(17)32-3/h4-5,7,9,20H,6,8,10-15H2,1-3H3,(H,25,26,27)/t20-/m1/s1. The number of nitrogens with zero attached hydrogens (tertiary/aromatic N) is 4. The van der Waals surface area contributed by atoms with Crippen molar-refractivity contribution in [2.24, 2.45) is 0 Å². The largest absolute Gasteiger partial charge is 0.496 e. The smallest absolute Gasteiger partial charge is 0.223 e. The molecule has 1 aromatic carbocycles. The van der Waals surface area contributed by atoms with Gasteiger partial charge in [-0.15, -0.1) is 0 Å². The molecule has 3 heterocycles. The van der Waals surface area contributed by atoms with E-state index in [-0.39, 0.29) is 17.9 Å². The minimum absolute atomic E-state index is 0.0490. The van der Waals surface area contributed by atoms with Gasteiger partial charge in [-0.3, -0.25) is 9.59 Å². The Labute approximate surface area is 189 Å². The van der Waals surface area contributed by atoms with Gasteiger partial charge in [-0.25, -0.2) is 9.97 Å². The fourth-order valence-corrected chi connectivity index (χ4v) is 4.74. The number of anilines is 1. The van der Waals surface area contributed by atoms with E-state index >= 15 is 0 Å². The van der Waals surface area contributed by atoms with E-state index in [9.17, 15) is 9.59 Å². The molecule has 32 heavy (non-hydrogen) atoms. The summed E-state index contributed by atoms with van der Waals surface area (Å²) in [7, 11) is 3.50. The van der Waals surface area contributed by atoms with Crippen molar-refractivity contribution in [1.82, 2.24) is 19.8 Å². The highest BCUT2D eigenvalue weighted by Crippen LogP contribution is 2.33. The molecule has 2 aliphatic rings. The third-order valence-corrected chi connectivity index (χ3v) is 6.43. The molecule has 1 aromatic heterocycles. The van der Waals surface area contributed by atoms with Crippen molar-refractivity contribution >= 4 is 17.6 Å². The number of hydrogen-bond acceptors (Lipinski definition) is 6. The summed E-state index contributed by atoms with van der Waals surface area (Å²) < 4.78 is 5.41. The minimum atomic E-state index is -0.0958. The maximum absolute atomic E-state index is 13.0. The molecule has 0 bridgehead atoms. The van der Waals surface area contributed by atoms with E-state index < -0.39 is 0 Å². The monoisotopic (exact) mass is 437 g/mol. The first-order chi connectivity index (χ1) is 15.5. The number of aryl methyl sites for hydroxylation is 1. The van der Waals surface area contributed by atoms with Gasteiger partial charge in [0.05, 0.1) is 25.4 Å². The molecule has 0 spiro atoms. The molecule has 1 atom stereocenters. The third-order valence-electron chi connectivity index (χ3n) is 6.43. The van der Waals surface area contributed by atoms with Crippen LogP contribution in [0.15, 0.2) is 24.3 Å². The molecule has 1 fully saturated rings. The Morgan fingerprint density at radius 1 is 1.22 bits per heavy atom. The van der Waals surface area contributed by atoms with Crippen LogP contribution in [0.1, 0.15) is 54.9 Å². The van der Waals surface area contributed by atoms with Crippen molar-refractivity contribution in [2.75, 3.05) is 32.6 Å². The van der Waals surface area contributed by atoms with Gasteiger partial charge >= 0.3 is 0 Å². The lowest BCUT2D eigenvalue weighted by Crippen LogP contribution is -2.38. The van der Waals surface area contributed by atoms with Gasteiger partial charge in [-0.1, -0.05) is 18.2 Å². The number of rotatable bonds is 6. The van der Waals surface area contributed by atoms with Crippen LogP contribution in [0.4, 0.5) is 5.82 Å². The van der Waals surface area contributed by atoms with Gasteiger partial charge in [-0.2, -0.15) is 0 Å². The number of ether oxygens (including phenoxy) is 1. The molecular formula is C24H31N5O3. The maximum Gasteiger partial charge on any atom is 0.223 e. The van der Waals surface area contributed by atoms with E-state index in [2.05, 4.69) is 5.32 Å². The van der Waals surface area contributed by atoms with Crippen LogP contribution < -0.4 is 10.1 Å². The zero-order valence-corrected chi connectivity index (χ0v) is 19.1. The predicted octanol–water partition coefficient (Wildman–Crippen LogP) is 2.73. The molecule has 4 rings (SSSR count). The van der Waals surface area contributed by atoms with E-state index in [1.165, 1.54) is 0 Å². The molecule has 170 valence electrons. The van der Waals surface area contributed by atoms with Gasteiger partial charge in [0.15, 0.2) is 5.82 Å². The number of hydrogen-bond donors (Lipinski definition) is 1. The molecule has 8 nitrogen and oxygen atoms in total. The van der Waals surface area contributed by atoms with Crippen LogP contribution in [0.3, 0.4) is 0 Å². The van der Waals surface area contributed by atoms with Crippen molar-refractivity contribution < 1.29 is 14.3 Å². The predicted molar refractivity (Wildman–Crippen MR) is 121 cm³/mol. The van der Waals surface area contributed by atoms with Crippen LogP contribution >= 0.6 is 0 Å². The Morgan fingerprint density at radius 2 is 2.03 bits per heavy atom. The number of fused-ring (bicyclic) bond motifs is 1. The lowest BCUT2D eigenvalue weighted by atomic mass is 10.0. The summed E-state index contributed by atoms with van der Waals surface area (Å²) in [6, 6.07) is 7.71. The number of benzene rings is 1. The second kappa shape index (κ2) is 9.54. The van der Waals surface area contributed by atoms with Crippen molar-refractivity contribution in [3.8, 4) is 5.75 Å². The van der Waals surface area contributed by atoms with Gasteiger partial charge in [0, 0.05) is 39.0 Å². The normalized spacial score (nSPS) is 17.8. The molecular weight excluding hydrogens is 406 g/mol. The first-order valence-electron chi connectivity index (χ1n) is 11.3. The minimum Gasteiger partial charge on any atom is -0.496 e. The number of methoxy groups -OCH3 is 1.